The van der Waals surface area contributed by atoms with Crippen LogP contribution >= 0.6 is 0 Å². The number of anilines is 2. The van der Waals surface area contributed by atoms with Gasteiger partial charge in [0, 0.05) is 44.1 Å². The molecule has 2 saturated heterocycles. The number of rotatable bonds is 4. The largest absolute Gasteiger partial charge is 0.371 e. The molecule has 2 aromatic rings. The molecule has 1 unspecified atom stereocenters. The van der Waals surface area contributed by atoms with Gasteiger partial charge in [0.1, 0.15) is 0 Å². The predicted octanol–water partition coefficient (Wildman–Crippen LogP) is 2.35. The minimum Gasteiger partial charge on any atom is -0.371 e. The van der Waals surface area contributed by atoms with Gasteiger partial charge >= 0.3 is 0 Å². The van der Waals surface area contributed by atoms with Gasteiger partial charge in [0.15, 0.2) is 0 Å². The zero-order valence-corrected chi connectivity index (χ0v) is 18.0. The van der Waals surface area contributed by atoms with E-state index in [0.29, 0.717) is 17.1 Å². The number of pyridine rings is 1. The van der Waals surface area contributed by atoms with Crippen LogP contribution in [0.4, 0.5) is 11.4 Å². The lowest BCUT2D eigenvalue weighted by molar-refractivity contribution is 0.160. The normalized spacial score (nSPS) is 23.2. The van der Waals surface area contributed by atoms with Gasteiger partial charge in [0.2, 0.25) is 0 Å². The highest BCUT2D eigenvalue weighted by molar-refractivity contribution is 7.92. The van der Waals surface area contributed by atoms with Gasteiger partial charge in [-0.25, -0.2) is 8.42 Å². The molecule has 0 bridgehead atoms. The molecule has 0 radical (unpaired) electrons. The lowest BCUT2D eigenvalue weighted by Gasteiger charge is -2.34. The Morgan fingerprint density at radius 3 is 2.53 bits per heavy atom. The number of hydrogen-bond acceptors (Lipinski definition) is 6. The molecule has 3 aliphatic rings. The van der Waals surface area contributed by atoms with Crippen LogP contribution in [-0.2, 0) is 10.0 Å². The van der Waals surface area contributed by atoms with E-state index in [1.54, 1.807) is 16.6 Å². The van der Waals surface area contributed by atoms with E-state index in [4.69, 9.17) is 5.73 Å². The zero-order valence-electron chi connectivity index (χ0n) is 17.2. The summed E-state index contributed by atoms with van der Waals surface area (Å²) in [5.41, 5.74) is 8.61. The first-order valence-electron chi connectivity index (χ1n) is 10.9. The number of hydrogen-bond donors (Lipinski definition) is 1. The first-order chi connectivity index (χ1) is 14.5. The minimum atomic E-state index is -3.67. The maximum Gasteiger partial charge on any atom is 0.264 e. The summed E-state index contributed by atoms with van der Waals surface area (Å²) >= 11 is 0. The van der Waals surface area contributed by atoms with E-state index in [9.17, 15) is 8.42 Å². The van der Waals surface area contributed by atoms with E-state index >= 15 is 0 Å². The van der Waals surface area contributed by atoms with Crippen LogP contribution in [0.5, 0.6) is 0 Å². The molecule has 0 aliphatic carbocycles. The van der Waals surface area contributed by atoms with Crippen LogP contribution in [0.25, 0.3) is 0 Å². The molecular weight excluding hydrogens is 398 g/mol. The topological polar surface area (TPSA) is 82.8 Å². The summed E-state index contributed by atoms with van der Waals surface area (Å²) in [6.07, 6.45) is 5.94. The van der Waals surface area contributed by atoms with E-state index in [-0.39, 0.29) is 12.1 Å². The second-order valence-electron chi connectivity index (χ2n) is 8.52. The van der Waals surface area contributed by atoms with Gasteiger partial charge in [-0.1, -0.05) is 6.07 Å². The molecule has 5 rings (SSSR count). The van der Waals surface area contributed by atoms with Crippen molar-refractivity contribution in [1.29, 1.82) is 0 Å². The molecule has 1 aromatic heterocycles. The fourth-order valence-corrected chi connectivity index (χ4v) is 6.43. The number of nitrogens with zero attached hydrogens (tertiary/aromatic N) is 4. The SMILES string of the molecule is NC1CCN(C2CN(S(=O)(=O)c3cccc(N4CCCC4)c3)c3cccnc32)CC1. The summed E-state index contributed by atoms with van der Waals surface area (Å²) in [6.45, 7) is 4.12. The van der Waals surface area contributed by atoms with Gasteiger partial charge in [-0.3, -0.25) is 14.2 Å². The van der Waals surface area contributed by atoms with Crippen LogP contribution in [0.15, 0.2) is 47.5 Å². The Balaban J connectivity index is 1.47. The van der Waals surface area contributed by atoms with Crippen LogP contribution < -0.4 is 14.9 Å². The van der Waals surface area contributed by atoms with Gasteiger partial charge < -0.3 is 10.6 Å². The Labute approximate surface area is 178 Å². The summed E-state index contributed by atoms with van der Waals surface area (Å²) in [7, 11) is -3.67. The molecule has 1 aromatic carbocycles. The van der Waals surface area contributed by atoms with Crippen LogP contribution in [0.3, 0.4) is 0 Å². The van der Waals surface area contributed by atoms with Crippen molar-refractivity contribution >= 4 is 21.4 Å². The van der Waals surface area contributed by atoms with E-state index in [2.05, 4.69) is 14.8 Å². The van der Waals surface area contributed by atoms with Crippen molar-refractivity contribution in [1.82, 2.24) is 9.88 Å². The standard InChI is InChI=1S/C22H29N5O2S/c23-17-8-13-26(14-9-17)21-16-27(20-7-4-10-24-22(20)21)30(28,29)19-6-3-5-18(15-19)25-11-1-2-12-25/h3-7,10,15,17,21H,1-2,8-9,11-14,16,23H2. The van der Waals surface area contributed by atoms with E-state index < -0.39 is 10.0 Å². The van der Waals surface area contributed by atoms with Crippen molar-refractivity contribution in [2.24, 2.45) is 5.73 Å². The third kappa shape index (κ3) is 3.46. The molecule has 0 saturated carbocycles. The maximum absolute atomic E-state index is 13.7. The van der Waals surface area contributed by atoms with E-state index in [0.717, 1.165) is 63.2 Å². The molecule has 3 aliphatic heterocycles. The molecule has 7 nitrogen and oxygen atoms in total. The third-order valence-electron chi connectivity index (χ3n) is 6.63. The number of benzene rings is 1. The van der Waals surface area contributed by atoms with Gasteiger partial charge in [0.05, 0.1) is 28.9 Å². The van der Waals surface area contributed by atoms with Crippen LogP contribution in [0, 0.1) is 0 Å². The Morgan fingerprint density at radius 1 is 1.00 bits per heavy atom. The molecule has 0 amide bonds. The monoisotopic (exact) mass is 427 g/mol. The molecule has 0 spiro atoms. The highest BCUT2D eigenvalue weighted by atomic mass is 32.2. The highest BCUT2D eigenvalue weighted by Gasteiger charge is 2.41. The number of piperidine rings is 1. The summed E-state index contributed by atoms with van der Waals surface area (Å²) in [5, 5.41) is 0. The zero-order chi connectivity index (χ0) is 20.7. The second kappa shape index (κ2) is 7.83. The number of aromatic nitrogens is 1. The Bertz CT molecular complexity index is 1010. The Morgan fingerprint density at radius 2 is 1.77 bits per heavy atom. The third-order valence-corrected chi connectivity index (χ3v) is 8.41. The predicted molar refractivity (Wildman–Crippen MR) is 118 cm³/mol. The second-order valence-corrected chi connectivity index (χ2v) is 10.4. The molecule has 2 N–H and O–H groups in total. The van der Waals surface area contributed by atoms with Crippen LogP contribution in [0.2, 0.25) is 0 Å². The van der Waals surface area contributed by atoms with Gasteiger partial charge in [-0.05, 0) is 56.0 Å². The Kier molecular flexibility index (Phi) is 5.16. The first kappa shape index (κ1) is 19.8. The average Bonchev–Trinajstić information content (AvgIpc) is 3.43. The van der Waals surface area contributed by atoms with Crippen molar-refractivity contribution in [3.05, 3.63) is 48.3 Å². The van der Waals surface area contributed by atoms with Gasteiger partial charge in [-0.2, -0.15) is 0 Å². The summed E-state index contributed by atoms with van der Waals surface area (Å²) in [5.74, 6) is 0. The fourth-order valence-electron chi connectivity index (χ4n) is 4.91. The lowest BCUT2D eigenvalue weighted by atomic mass is 10.0. The molecule has 8 heteroatoms. The van der Waals surface area contributed by atoms with Crippen LogP contribution in [0.1, 0.15) is 37.4 Å². The lowest BCUT2D eigenvalue weighted by Crippen LogP contribution is -2.43. The van der Waals surface area contributed by atoms with Gasteiger partial charge in [-0.15, -0.1) is 0 Å². The smallest absolute Gasteiger partial charge is 0.264 e. The Hall–Kier alpha value is -2.16. The number of nitrogens with two attached hydrogens (primary N) is 1. The summed E-state index contributed by atoms with van der Waals surface area (Å²) < 4.78 is 28.9. The van der Waals surface area contributed by atoms with Crippen LogP contribution in [-0.4, -0.2) is 57.1 Å². The quantitative estimate of drug-likeness (QED) is 0.807. The van der Waals surface area contributed by atoms with E-state index in [1.807, 2.05) is 30.3 Å². The van der Waals surface area contributed by atoms with E-state index in [1.165, 1.54) is 0 Å². The first-order valence-corrected chi connectivity index (χ1v) is 12.3. The van der Waals surface area contributed by atoms with Gasteiger partial charge in [0.25, 0.3) is 10.0 Å². The fraction of sp³-hybridized carbons (Fsp3) is 0.500. The van der Waals surface area contributed by atoms with Crippen molar-refractivity contribution in [3.63, 3.8) is 0 Å². The number of sulfonamides is 1. The average molecular weight is 428 g/mol. The van der Waals surface area contributed by atoms with Crippen molar-refractivity contribution < 1.29 is 8.42 Å². The molecular formula is C22H29N5O2S. The number of likely N-dealkylation sites (tertiary alicyclic amines) is 1. The highest BCUT2D eigenvalue weighted by Crippen LogP contribution is 2.41. The maximum atomic E-state index is 13.7. The molecule has 4 heterocycles. The molecule has 160 valence electrons. The summed E-state index contributed by atoms with van der Waals surface area (Å²) in [4.78, 5) is 9.54. The molecule has 1 atom stereocenters. The van der Waals surface area contributed by atoms with Crippen molar-refractivity contribution in [2.45, 2.75) is 42.7 Å². The van der Waals surface area contributed by atoms with Crippen molar-refractivity contribution in [2.75, 3.05) is 41.9 Å². The number of fused-ring (bicyclic) bond motifs is 1. The summed E-state index contributed by atoms with van der Waals surface area (Å²) in [6, 6.07) is 11.3. The van der Waals surface area contributed by atoms with Crippen molar-refractivity contribution in [3.8, 4) is 0 Å². The molecule has 30 heavy (non-hydrogen) atoms. The minimum absolute atomic E-state index is 0.0229. The molecule has 2 fully saturated rings.